The molecule has 0 aromatic heterocycles. The summed E-state index contributed by atoms with van der Waals surface area (Å²) in [6.07, 6.45) is 1.40. The average molecular weight is 1310 g/mol. The zero-order valence-electron chi connectivity index (χ0n) is 37.4. The van der Waals surface area contributed by atoms with E-state index in [0.717, 1.165) is 10.8 Å². The second-order valence-electron chi connectivity index (χ2n) is 13.9. The van der Waals surface area contributed by atoms with Crippen molar-refractivity contribution in [2.75, 3.05) is 0 Å². The van der Waals surface area contributed by atoms with Crippen LogP contribution in [-0.4, -0.2) is 55.1 Å². The number of benzene rings is 9. The molecular formula is C56H45As2Cl8N2O2Ru. The zero-order chi connectivity index (χ0) is 48.4. The number of hydrogen-bond acceptors (Lipinski definition) is 4. The van der Waals surface area contributed by atoms with Crippen molar-refractivity contribution in [1.29, 1.82) is 0 Å². The molecule has 9 aromatic carbocycles. The molecule has 0 aliphatic heterocycles. The van der Waals surface area contributed by atoms with E-state index >= 15 is 0 Å². The summed E-state index contributed by atoms with van der Waals surface area (Å²) in [4.78, 5) is 0. The van der Waals surface area contributed by atoms with Crippen LogP contribution in [0.15, 0.2) is 259 Å². The summed E-state index contributed by atoms with van der Waals surface area (Å²) in [5.41, 5.74) is 1.02. The quantitative estimate of drug-likeness (QED) is 0.0723. The standard InChI is InChI=1S/2C18H15As.C18H14N2O2.2CHCl3.2ClH.Ru/c2*1-4-10-16(11-5-1)19(17-12-6-2-7-13-17)18-14-8-3-9-15-18;21-17-11-10-13-6-4-5-9-15(13)16(17)12-19-20-18(22)14-7-2-1-3-8-14;2*2-1(3)4;;;/h2*1-15H;1-12,21H,(H,20,22);2*1H;2*1H;/q;;;;;;;+3/p-3/b;;19-12-;;;;;. The molecule has 365 valence electrons. The van der Waals surface area contributed by atoms with Gasteiger partial charge in [-0.15, -0.1) is 0 Å². The number of phenolic OH excluding ortho intramolecular Hbond substituents is 1. The molecule has 9 aromatic rings. The van der Waals surface area contributed by atoms with Crippen LogP contribution in [0, 0.1) is 0 Å². The van der Waals surface area contributed by atoms with E-state index in [0.29, 0.717) is 11.1 Å². The Kier molecular flexibility index (Phi) is 32.3. The van der Waals surface area contributed by atoms with Gasteiger partial charge in [0.05, 0.1) is 6.21 Å². The van der Waals surface area contributed by atoms with Gasteiger partial charge in [-0.1, -0.05) is 130 Å². The Bertz CT molecular complexity index is 2530. The molecule has 4 nitrogen and oxygen atoms in total. The first-order valence-corrected chi connectivity index (χ1v) is 29.2. The fraction of sp³-hybridized carbons (Fsp3) is 0.0357. The summed E-state index contributed by atoms with van der Waals surface area (Å²) >= 11 is 26.1. The monoisotopic (exact) mass is 1310 g/mol. The van der Waals surface area contributed by atoms with Crippen LogP contribution in [0.25, 0.3) is 10.8 Å². The minimum absolute atomic E-state index is 0. The van der Waals surface area contributed by atoms with Crippen LogP contribution in [0.2, 0.25) is 0 Å². The minimum atomic E-state index is -1.39. The van der Waals surface area contributed by atoms with E-state index in [1.807, 2.05) is 36.4 Å². The number of halogens is 8. The van der Waals surface area contributed by atoms with Gasteiger partial charge in [0.25, 0.3) is 0 Å². The summed E-state index contributed by atoms with van der Waals surface area (Å²) in [5, 5.41) is 31.1. The third-order valence-electron chi connectivity index (χ3n) is 9.39. The molecule has 1 N–H and O–H groups in total. The topological polar surface area (TPSA) is 68.0 Å². The maximum absolute atomic E-state index is 11.8. The maximum atomic E-state index is 11.8. The van der Waals surface area contributed by atoms with Crippen LogP contribution in [-0.2, 0) is 19.5 Å². The molecule has 0 amide bonds. The Morgan fingerprint density at radius 1 is 0.408 bits per heavy atom. The van der Waals surface area contributed by atoms with Crippen LogP contribution in [0.5, 0.6) is 5.75 Å². The van der Waals surface area contributed by atoms with Gasteiger partial charge in [0.15, 0.2) is 8.59 Å². The molecule has 0 bridgehead atoms. The second-order valence-corrected chi connectivity index (χ2v) is 27.2. The SMILES string of the molecule is ClC(Cl)Cl.ClC(Cl)Cl.[Cl-].[Cl-].[O-]/C(=N\N=C/c1c(O)ccc2ccccc12)c1ccccc1.[Ru+3].c1ccc([As](c2ccccc2)c2ccccc2)cc1.c1ccc([As](c2ccccc2)c2ccccc2)cc1. The van der Waals surface area contributed by atoms with Crippen molar-refractivity contribution in [2.45, 2.75) is 8.59 Å². The van der Waals surface area contributed by atoms with Gasteiger partial charge >= 0.3 is 257 Å². The van der Waals surface area contributed by atoms with Crippen LogP contribution in [0.4, 0.5) is 0 Å². The van der Waals surface area contributed by atoms with E-state index < -0.39 is 43.8 Å². The Labute approximate surface area is 481 Å². The van der Waals surface area contributed by atoms with Crippen LogP contribution in [0.1, 0.15) is 11.1 Å². The molecule has 9 rings (SSSR count). The molecule has 0 fully saturated rings. The molecule has 0 saturated carbocycles. The Morgan fingerprint density at radius 3 is 0.986 bits per heavy atom. The van der Waals surface area contributed by atoms with Gasteiger partial charge in [-0.25, -0.2) is 0 Å². The molecule has 71 heavy (non-hydrogen) atoms. The fourth-order valence-corrected chi connectivity index (χ4v) is 16.2. The predicted molar refractivity (Wildman–Crippen MR) is 297 cm³/mol. The van der Waals surface area contributed by atoms with Crippen molar-refractivity contribution in [3.8, 4) is 5.75 Å². The summed E-state index contributed by atoms with van der Waals surface area (Å²) in [6, 6.07) is 85.2. The van der Waals surface area contributed by atoms with Gasteiger partial charge in [0, 0.05) is 11.5 Å². The second kappa shape index (κ2) is 36.2. The van der Waals surface area contributed by atoms with Gasteiger partial charge in [-0.05, 0) is 22.4 Å². The Hall–Kier alpha value is -3.76. The van der Waals surface area contributed by atoms with E-state index in [-0.39, 0.29) is 50.0 Å². The predicted octanol–water partition coefficient (Wildman–Crippen LogP) is 5.07. The first kappa shape index (κ1) is 63.4. The molecule has 0 aliphatic carbocycles. The molecule has 15 heteroatoms. The van der Waals surface area contributed by atoms with Gasteiger partial charge in [0.2, 0.25) is 0 Å². The van der Waals surface area contributed by atoms with Crippen LogP contribution >= 0.6 is 69.6 Å². The average Bonchev–Trinajstić information content (AvgIpc) is 3.37. The van der Waals surface area contributed by atoms with Crippen LogP contribution in [0.3, 0.4) is 0 Å². The molecule has 0 spiro atoms. The van der Waals surface area contributed by atoms with Gasteiger partial charge < -0.3 is 35.0 Å². The van der Waals surface area contributed by atoms with Crippen molar-refractivity contribution < 1.29 is 54.5 Å². The van der Waals surface area contributed by atoms with Crippen molar-refractivity contribution >= 4 is 148 Å². The molecule has 0 heterocycles. The van der Waals surface area contributed by atoms with Crippen molar-refractivity contribution in [1.82, 2.24) is 0 Å². The Morgan fingerprint density at radius 2 is 0.676 bits per heavy atom. The number of alkyl halides is 6. The van der Waals surface area contributed by atoms with E-state index in [1.165, 1.54) is 32.3 Å². The summed E-state index contributed by atoms with van der Waals surface area (Å²) in [5.74, 6) is -0.318. The normalized spacial score (nSPS) is 10.4. The molecule has 0 aliphatic rings. The number of phenols is 1. The van der Waals surface area contributed by atoms with Crippen LogP contribution < -0.4 is 56.0 Å². The molecular weight excluding hydrogens is 1270 g/mol. The van der Waals surface area contributed by atoms with E-state index in [9.17, 15) is 10.2 Å². The van der Waals surface area contributed by atoms with Gasteiger partial charge in [-0.3, -0.25) is 0 Å². The van der Waals surface area contributed by atoms with Crippen molar-refractivity contribution in [3.05, 3.63) is 260 Å². The Balaban J connectivity index is 0.000000333. The summed E-state index contributed by atoms with van der Waals surface area (Å²) < 4.78 is 7.37. The number of aromatic hydroxyl groups is 1. The van der Waals surface area contributed by atoms with E-state index in [2.05, 4.69) is 192 Å². The number of fused-ring (bicyclic) bond motifs is 1. The molecule has 0 unspecified atom stereocenters. The van der Waals surface area contributed by atoms with Gasteiger partial charge in [0.1, 0.15) is 5.75 Å². The number of rotatable bonds is 9. The summed E-state index contributed by atoms with van der Waals surface area (Å²) in [7, 11) is 0. The molecule has 1 radical (unpaired) electrons. The number of hydrogen-bond donors (Lipinski definition) is 1. The third-order valence-corrected chi connectivity index (χ3v) is 19.6. The van der Waals surface area contributed by atoms with E-state index in [1.54, 1.807) is 30.3 Å². The summed E-state index contributed by atoms with van der Waals surface area (Å²) in [6.45, 7) is 0. The third kappa shape index (κ3) is 22.5. The van der Waals surface area contributed by atoms with E-state index in [4.69, 9.17) is 69.6 Å². The first-order chi connectivity index (χ1) is 33.1. The molecule has 0 atom stereocenters. The van der Waals surface area contributed by atoms with Crippen molar-refractivity contribution in [2.24, 2.45) is 10.2 Å². The van der Waals surface area contributed by atoms with Gasteiger partial charge in [-0.2, -0.15) is 10.2 Å². The van der Waals surface area contributed by atoms with Crippen molar-refractivity contribution in [3.63, 3.8) is 0 Å². The fourth-order valence-electron chi connectivity index (χ4n) is 6.55. The molecule has 0 saturated heterocycles. The first-order valence-electron chi connectivity index (χ1n) is 20.9. The number of nitrogens with zero attached hydrogens (tertiary/aromatic N) is 2. The zero-order valence-corrected chi connectivity index (χ0v) is 49.0.